The number of pyridine rings is 1. The molecular formula is C20H23F3N4O5S. The van der Waals surface area contributed by atoms with Crippen molar-refractivity contribution in [2.45, 2.75) is 34.6 Å². The van der Waals surface area contributed by atoms with E-state index in [9.17, 15) is 31.5 Å². The molecular weight excluding hydrogens is 465 g/mol. The van der Waals surface area contributed by atoms with Crippen molar-refractivity contribution in [1.82, 2.24) is 15.2 Å². The van der Waals surface area contributed by atoms with Gasteiger partial charge >= 0.3 is 6.36 Å². The van der Waals surface area contributed by atoms with E-state index in [1.54, 1.807) is 0 Å². The van der Waals surface area contributed by atoms with Crippen LogP contribution in [-0.2, 0) is 9.84 Å². The van der Waals surface area contributed by atoms with Gasteiger partial charge < -0.3 is 25.8 Å². The van der Waals surface area contributed by atoms with Crippen molar-refractivity contribution in [2.24, 2.45) is 0 Å². The molecule has 13 heteroatoms. The molecule has 1 aliphatic rings. The number of amides is 1. The summed E-state index contributed by atoms with van der Waals surface area (Å²) in [6.45, 7) is 1.36. The lowest BCUT2D eigenvalue weighted by Crippen LogP contribution is -2.50. The number of aromatic nitrogens is 1. The van der Waals surface area contributed by atoms with E-state index in [4.69, 9.17) is 5.73 Å². The van der Waals surface area contributed by atoms with Gasteiger partial charge in [-0.1, -0.05) is 0 Å². The number of hydrogen-bond donors (Lipinski definition) is 3. The van der Waals surface area contributed by atoms with Crippen LogP contribution in [-0.4, -0.2) is 68.0 Å². The maximum absolute atomic E-state index is 12.8. The molecule has 0 bridgehead atoms. The largest absolute Gasteiger partial charge is 0.573 e. The Labute approximate surface area is 188 Å². The van der Waals surface area contributed by atoms with Gasteiger partial charge in [0.15, 0.2) is 5.69 Å². The summed E-state index contributed by atoms with van der Waals surface area (Å²) in [5.41, 5.74) is 4.38. The van der Waals surface area contributed by atoms with Gasteiger partial charge in [-0.05, 0) is 50.2 Å². The summed E-state index contributed by atoms with van der Waals surface area (Å²) in [5.74, 6) is -1.24. The van der Waals surface area contributed by atoms with Crippen LogP contribution in [0.5, 0.6) is 5.75 Å². The van der Waals surface area contributed by atoms with Crippen LogP contribution >= 0.6 is 0 Å². The highest BCUT2D eigenvalue weighted by atomic mass is 32.2. The molecule has 0 saturated carbocycles. The molecule has 1 saturated heterocycles. The quantitative estimate of drug-likeness (QED) is 0.558. The predicted octanol–water partition coefficient (Wildman–Crippen LogP) is 1.58. The highest BCUT2D eigenvalue weighted by Gasteiger charge is 2.33. The molecule has 1 amide bonds. The number of hydrogen-bond acceptors (Lipinski definition) is 8. The van der Waals surface area contributed by atoms with Crippen LogP contribution < -0.4 is 15.8 Å². The number of benzene rings is 1. The zero-order chi connectivity index (χ0) is 24.4. The first kappa shape index (κ1) is 24.7. The number of carbonyl (C=O) groups excluding carboxylic acids is 1. The van der Waals surface area contributed by atoms with E-state index in [0.29, 0.717) is 25.9 Å². The number of nitrogens with two attached hydrogens (primary N) is 1. The second-order valence-electron chi connectivity index (χ2n) is 7.84. The standard InChI is InChI=1S/C20H23F3N4O5S/c1-27-8-6-19(29,7-9-27)12-26-18(28)17-16(24)10-15(11-25-17)33(30,31)14-4-2-13(3-5-14)32-20(21,22)23/h2-5,10-11,29H,6-9,12,24H2,1H3,(H,26,28). The molecule has 2 aromatic rings. The molecule has 1 aromatic heterocycles. The van der Waals surface area contributed by atoms with E-state index >= 15 is 0 Å². The van der Waals surface area contributed by atoms with Crippen LogP contribution in [0.2, 0.25) is 0 Å². The van der Waals surface area contributed by atoms with Gasteiger partial charge in [0.25, 0.3) is 5.91 Å². The zero-order valence-electron chi connectivity index (χ0n) is 17.6. The predicted molar refractivity (Wildman–Crippen MR) is 111 cm³/mol. The number of rotatable bonds is 6. The summed E-state index contributed by atoms with van der Waals surface area (Å²) < 4.78 is 66.1. The molecule has 2 heterocycles. The van der Waals surface area contributed by atoms with E-state index in [0.717, 1.165) is 36.5 Å². The van der Waals surface area contributed by atoms with E-state index in [1.807, 2.05) is 7.05 Å². The second kappa shape index (κ2) is 9.15. The van der Waals surface area contributed by atoms with Gasteiger partial charge in [0.05, 0.1) is 21.1 Å². The van der Waals surface area contributed by atoms with Crippen LogP contribution in [0, 0.1) is 0 Å². The number of alkyl halides is 3. The van der Waals surface area contributed by atoms with Crippen molar-refractivity contribution in [3.8, 4) is 5.75 Å². The number of likely N-dealkylation sites (tertiary alicyclic amines) is 1. The minimum absolute atomic E-state index is 0.00676. The van der Waals surface area contributed by atoms with E-state index in [2.05, 4.69) is 19.9 Å². The Balaban J connectivity index is 1.72. The SMILES string of the molecule is CN1CCC(O)(CNC(=O)c2ncc(S(=O)(=O)c3ccc(OC(F)(F)F)cc3)cc2N)CC1. The maximum atomic E-state index is 12.8. The molecule has 0 atom stereocenters. The number of carbonyl (C=O) groups is 1. The summed E-state index contributed by atoms with van der Waals surface area (Å²) >= 11 is 0. The van der Waals surface area contributed by atoms with Crippen LogP contribution in [0.3, 0.4) is 0 Å². The highest BCUT2D eigenvalue weighted by Crippen LogP contribution is 2.27. The Kier molecular flexibility index (Phi) is 6.86. The average Bonchev–Trinajstić information content (AvgIpc) is 2.73. The fourth-order valence-electron chi connectivity index (χ4n) is 3.29. The van der Waals surface area contributed by atoms with Crippen molar-refractivity contribution in [2.75, 3.05) is 32.4 Å². The molecule has 0 aliphatic carbocycles. The first-order valence-electron chi connectivity index (χ1n) is 9.85. The fraction of sp³-hybridized carbons (Fsp3) is 0.400. The molecule has 1 aromatic carbocycles. The van der Waals surface area contributed by atoms with Gasteiger partial charge in [0.2, 0.25) is 9.84 Å². The van der Waals surface area contributed by atoms with Gasteiger partial charge in [0.1, 0.15) is 5.75 Å². The highest BCUT2D eigenvalue weighted by molar-refractivity contribution is 7.91. The third kappa shape index (κ3) is 6.12. The van der Waals surface area contributed by atoms with Crippen molar-refractivity contribution < 1.29 is 36.2 Å². The summed E-state index contributed by atoms with van der Waals surface area (Å²) in [6, 6.07) is 4.69. The molecule has 33 heavy (non-hydrogen) atoms. The molecule has 0 unspecified atom stereocenters. The minimum atomic E-state index is -4.90. The Bertz CT molecular complexity index is 1120. The van der Waals surface area contributed by atoms with Crippen molar-refractivity contribution >= 4 is 21.4 Å². The normalized spacial score (nSPS) is 16.9. The Morgan fingerprint density at radius 1 is 1.24 bits per heavy atom. The number of halogens is 3. The second-order valence-corrected chi connectivity index (χ2v) is 9.79. The van der Waals surface area contributed by atoms with E-state index < -0.39 is 33.5 Å². The van der Waals surface area contributed by atoms with Crippen molar-refractivity contribution in [3.05, 3.63) is 42.2 Å². The molecule has 0 radical (unpaired) electrons. The van der Waals surface area contributed by atoms with Crippen LogP contribution in [0.1, 0.15) is 23.3 Å². The lowest BCUT2D eigenvalue weighted by Gasteiger charge is -2.36. The molecule has 4 N–H and O–H groups in total. The minimum Gasteiger partial charge on any atom is -0.406 e. The molecule has 0 spiro atoms. The lowest BCUT2D eigenvalue weighted by molar-refractivity contribution is -0.274. The third-order valence-corrected chi connectivity index (χ3v) is 7.02. The molecule has 1 fully saturated rings. The molecule has 1 aliphatic heterocycles. The number of sulfone groups is 1. The number of ether oxygens (including phenoxy) is 1. The van der Waals surface area contributed by atoms with E-state index in [-0.39, 0.29) is 27.7 Å². The number of nitrogens with zero attached hydrogens (tertiary/aromatic N) is 2. The summed E-state index contributed by atoms with van der Waals surface area (Å²) in [4.78, 5) is 17.7. The van der Waals surface area contributed by atoms with Crippen molar-refractivity contribution in [1.29, 1.82) is 0 Å². The van der Waals surface area contributed by atoms with Crippen LogP contribution in [0.15, 0.2) is 46.3 Å². The smallest absolute Gasteiger partial charge is 0.406 e. The van der Waals surface area contributed by atoms with Crippen molar-refractivity contribution in [3.63, 3.8) is 0 Å². The average molecular weight is 488 g/mol. The molecule has 180 valence electrons. The number of nitrogens with one attached hydrogen (secondary N) is 1. The van der Waals surface area contributed by atoms with Gasteiger partial charge in [-0.15, -0.1) is 13.2 Å². The van der Waals surface area contributed by atoms with Gasteiger partial charge in [-0.2, -0.15) is 0 Å². The van der Waals surface area contributed by atoms with Gasteiger partial charge in [-0.3, -0.25) is 4.79 Å². The number of aliphatic hydroxyl groups is 1. The Morgan fingerprint density at radius 2 is 1.85 bits per heavy atom. The fourth-order valence-corrected chi connectivity index (χ4v) is 4.54. The lowest BCUT2D eigenvalue weighted by atomic mass is 9.91. The van der Waals surface area contributed by atoms with Gasteiger partial charge in [0, 0.05) is 25.8 Å². The molecule has 9 nitrogen and oxygen atoms in total. The summed E-state index contributed by atoms with van der Waals surface area (Å²) in [7, 11) is -2.23. The third-order valence-electron chi connectivity index (χ3n) is 5.28. The number of anilines is 1. The first-order valence-corrected chi connectivity index (χ1v) is 11.3. The van der Waals surface area contributed by atoms with Gasteiger partial charge in [-0.25, -0.2) is 13.4 Å². The maximum Gasteiger partial charge on any atom is 0.573 e. The Morgan fingerprint density at radius 3 is 2.39 bits per heavy atom. The monoisotopic (exact) mass is 488 g/mol. The summed E-state index contributed by atoms with van der Waals surface area (Å²) in [5, 5.41) is 13.1. The van der Waals surface area contributed by atoms with E-state index in [1.165, 1.54) is 0 Å². The number of nitrogen functional groups attached to an aromatic ring is 1. The first-order chi connectivity index (χ1) is 15.3. The molecule has 3 rings (SSSR count). The Hall–Kier alpha value is -2.90. The summed E-state index contributed by atoms with van der Waals surface area (Å²) in [6.07, 6.45) is -3.00. The van der Waals surface area contributed by atoms with Crippen LogP contribution in [0.25, 0.3) is 0 Å². The van der Waals surface area contributed by atoms with Crippen LogP contribution in [0.4, 0.5) is 18.9 Å². The topological polar surface area (TPSA) is 135 Å². The zero-order valence-corrected chi connectivity index (χ0v) is 18.4. The number of piperidine rings is 1.